The highest BCUT2D eigenvalue weighted by Gasteiger charge is 2.45. The van der Waals surface area contributed by atoms with Gasteiger partial charge in [-0.3, -0.25) is 5.10 Å². The molecule has 0 radical (unpaired) electrons. The number of piperidine rings is 1. The van der Waals surface area contributed by atoms with Gasteiger partial charge in [-0.05, 0) is 43.1 Å². The fourth-order valence-corrected chi connectivity index (χ4v) is 4.79. The number of nitrogens with one attached hydrogen (secondary N) is 1. The van der Waals surface area contributed by atoms with Gasteiger partial charge in [0.05, 0.1) is 16.9 Å². The lowest BCUT2D eigenvalue weighted by molar-refractivity contribution is 0.0163. The Morgan fingerprint density at radius 2 is 2.00 bits per heavy atom. The van der Waals surface area contributed by atoms with Gasteiger partial charge in [-0.25, -0.2) is 9.97 Å². The Kier molecular flexibility index (Phi) is 3.67. The van der Waals surface area contributed by atoms with E-state index in [1.54, 1.807) is 0 Å². The number of halogens is 1. The Morgan fingerprint density at radius 1 is 1.19 bits per heavy atom. The fourth-order valence-electron chi connectivity index (χ4n) is 4.56. The molecule has 134 valence electrons. The van der Waals surface area contributed by atoms with Crippen molar-refractivity contribution in [2.75, 3.05) is 18.0 Å². The summed E-state index contributed by atoms with van der Waals surface area (Å²) in [7, 11) is 0. The van der Waals surface area contributed by atoms with Gasteiger partial charge >= 0.3 is 0 Å². The van der Waals surface area contributed by atoms with E-state index in [1.807, 2.05) is 30.5 Å². The molecule has 2 aliphatic rings. The van der Waals surface area contributed by atoms with Crippen molar-refractivity contribution in [1.82, 2.24) is 20.2 Å². The predicted octanol–water partition coefficient (Wildman–Crippen LogP) is 4.69. The minimum absolute atomic E-state index is 0.595. The van der Waals surface area contributed by atoms with E-state index in [0.29, 0.717) is 16.1 Å². The smallest absolute Gasteiger partial charge is 0.202 e. The molecule has 1 atom stereocenters. The summed E-state index contributed by atoms with van der Waals surface area (Å²) >= 11 is 6.32. The standard InChI is InChI=1S/C20H22ClN5/c1-13-6-7-20(13)8-10-26(11-9-20)16-12-22-18-17(24-25-19(18)23-16)14-4-2-3-5-15(14)21/h2-5,12-13H,6-11H2,1H3,(H,23,24,25). The average Bonchev–Trinajstić information content (AvgIpc) is 3.10. The maximum atomic E-state index is 6.32. The third kappa shape index (κ3) is 2.41. The van der Waals surface area contributed by atoms with Crippen LogP contribution in [0.3, 0.4) is 0 Å². The Labute approximate surface area is 157 Å². The maximum absolute atomic E-state index is 6.32. The number of fused-ring (bicyclic) bond motifs is 1. The molecule has 2 aromatic heterocycles. The minimum atomic E-state index is 0.595. The summed E-state index contributed by atoms with van der Waals surface area (Å²) in [6, 6.07) is 7.71. The molecule has 0 bridgehead atoms. The number of hydrogen-bond donors (Lipinski definition) is 1. The van der Waals surface area contributed by atoms with Gasteiger partial charge in [-0.1, -0.05) is 36.7 Å². The molecule has 1 unspecified atom stereocenters. The molecule has 1 N–H and O–H groups in total. The van der Waals surface area contributed by atoms with Crippen LogP contribution in [0.2, 0.25) is 5.02 Å². The van der Waals surface area contributed by atoms with Crippen molar-refractivity contribution in [3.8, 4) is 11.3 Å². The van der Waals surface area contributed by atoms with Crippen LogP contribution in [-0.4, -0.2) is 33.3 Å². The van der Waals surface area contributed by atoms with Crippen LogP contribution in [0.15, 0.2) is 30.5 Å². The molecular weight excluding hydrogens is 346 g/mol. The largest absolute Gasteiger partial charge is 0.355 e. The van der Waals surface area contributed by atoms with Crippen molar-refractivity contribution in [2.24, 2.45) is 11.3 Å². The summed E-state index contributed by atoms with van der Waals surface area (Å²) in [5.41, 5.74) is 3.73. The molecule has 3 heterocycles. The van der Waals surface area contributed by atoms with Gasteiger partial charge < -0.3 is 4.90 Å². The number of benzene rings is 1. The van der Waals surface area contributed by atoms with E-state index in [0.717, 1.165) is 41.6 Å². The lowest BCUT2D eigenvalue weighted by Crippen LogP contribution is -2.48. The minimum Gasteiger partial charge on any atom is -0.355 e. The average molecular weight is 368 g/mol. The first-order valence-corrected chi connectivity index (χ1v) is 9.75. The van der Waals surface area contributed by atoms with Crippen molar-refractivity contribution in [2.45, 2.75) is 32.6 Å². The number of anilines is 1. The Balaban J connectivity index is 1.42. The quantitative estimate of drug-likeness (QED) is 0.713. The van der Waals surface area contributed by atoms with Crippen LogP contribution in [0, 0.1) is 11.3 Å². The van der Waals surface area contributed by atoms with Gasteiger partial charge in [0.25, 0.3) is 0 Å². The van der Waals surface area contributed by atoms with Crippen molar-refractivity contribution in [1.29, 1.82) is 0 Å². The summed E-state index contributed by atoms with van der Waals surface area (Å²) in [4.78, 5) is 11.8. The third-order valence-electron chi connectivity index (χ3n) is 6.60. The molecular formula is C20H22ClN5. The molecule has 3 aromatic rings. The van der Waals surface area contributed by atoms with E-state index >= 15 is 0 Å². The van der Waals surface area contributed by atoms with Crippen LogP contribution in [0.25, 0.3) is 22.4 Å². The molecule has 1 spiro atoms. The van der Waals surface area contributed by atoms with Gasteiger partial charge in [-0.15, -0.1) is 0 Å². The molecule has 2 fully saturated rings. The summed E-state index contributed by atoms with van der Waals surface area (Å²) in [5.74, 6) is 1.80. The monoisotopic (exact) mass is 367 g/mol. The number of H-pyrrole nitrogens is 1. The summed E-state index contributed by atoms with van der Waals surface area (Å²) in [6.45, 7) is 4.53. The highest BCUT2D eigenvalue weighted by molar-refractivity contribution is 6.33. The zero-order chi connectivity index (χ0) is 17.7. The van der Waals surface area contributed by atoms with Crippen LogP contribution < -0.4 is 4.90 Å². The molecule has 0 amide bonds. The first-order chi connectivity index (χ1) is 12.7. The number of hydrogen-bond acceptors (Lipinski definition) is 4. The topological polar surface area (TPSA) is 57.7 Å². The van der Waals surface area contributed by atoms with Gasteiger partial charge in [0, 0.05) is 18.7 Å². The van der Waals surface area contributed by atoms with E-state index in [4.69, 9.17) is 16.6 Å². The summed E-state index contributed by atoms with van der Waals surface area (Å²) in [6.07, 6.45) is 7.19. The normalized spacial score (nSPS) is 21.9. The van der Waals surface area contributed by atoms with E-state index in [9.17, 15) is 0 Å². The fraction of sp³-hybridized carbons (Fsp3) is 0.450. The van der Waals surface area contributed by atoms with Crippen molar-refractivity contribution >= 4 is 28.6 Å². The highest BCUT2D eigenvalue weighted by atomic mass is 35.5. The Bertz CT molecular complexity index is 958. The highest BCUT2D eigenvalue weighted by Crippen LogP contribution is 2.53. The van der Waals surface area contributed by atoms with E-state index in [2.05, 4.69) is 27.0 Å². The summed E-state index contributed by atoms with van der Waals surface area (Å²) < 4.78 is 0. The third-order valence-corrected chi connectivity index (χ3v) is 6.93. The first-order valence-electron chi connectivity index (χ1n) is 9.37. The molecule has 1 aromatic carbocycles. The van der Waals surface area contributed by atoms with Gasteiger partial charge in [0.1, 0.15) is 11.3 Å². The first kappa shape index (κ1) is 16.1. The van der Waals surface area contributed by atoms with Crippen molar-refractivity contribution in [3.05, 3.63) is 35.5 Å². The van der Waals surface area contributed by atoms with Crippen LogP contribution in [0.4, 0.5) is 5.82 Å². The zero-order valence-corrected chi connectivity index (χ0v) is 15.6. The van der Waals surface area contributed by atoms with Crippen LogP contribution >= 0.6 is 11.6 Å². The number of nitrogens with zero attached hydrogens (tertiary/aromatic N) is 4. The molecule has 5 rings (SSSR count). The lowest BCUT2D eigenvalue weighted by Gasteiger charge is -2.53. The molecule has 1 aliphatic heterocycles. The van der Waals surface area contributed by atoms with E-state index in [1.165, 1.54) is 25.7 Å². The molecule has 1 saturated heterocycles. The molecule has 6 heteroatoms. The maximum Gasteiger partial charge on any atom is 0.202 e. The second kappa shape index (κ2) is 5.95. The van der Waals surface area contributed by atoms with Crippen LogP contribution in [-0.2, 0) is 0 Å². The molecule has 1 aliphatic carbocycles. The van der Waals surface area contributed by atoms with Crippen molar-refractivity contribution < 1.29 is 0 Å². The number of rotatable bonds is 2. The van der Waals surface area contributed by atoms with E-state index in [-0.39, 0.29) is 0 Å². The second-order valence-corrected chi connectivity index (χ2v) is 8.18. The SMILES string of the molecule is CC1CCC12CCN(c1cnc3c(-c4ccccc4Cl)[nH]nc3n1)CC2. The molecule has 1 saturated carbocycles. The lowest BCUT2D eigenvalue weighted by atomic mass is 9.56. The predicted molar refractivity (Wildman–Crippen MR) is 104 cm³/mol. The zero-order valence-electron chi connectivity index (χ0n) is 14.9. The van der Waals surface area contributed by atoms with Gasteiger partial charge in [0.15, 0.2) is 0 Å². The summed E-state index contributed by atoms with van der Waals surface area (Å²) in [5, 5.41) is 8.12. The van der Waals surface area contributed by atoms with Gasteiger partial charge in [0.2, 0.25) is 5.65 Å². The van der Waals surface area contributed by atoms with Crippen LogP contribution in [0.1, 0.15) is 32.6 Å². The molecule has 5 nitrogen and oxygen atoms in total. The van der Waals surface area contributed by atoms with E-state index < -0.39 is 0 Å². The Hall–Kier alpha value is -2.14. The van der Waals surface area contributed by atoms with Crippen LogP contribution in [0.5, 0.6) is 0 Å². The van der Waals surface area contributed by atoms with Crippen molar-refractivity contribution in [3.63, 3.8) is 0 Å². The van der Waals surface area contributed by atoms with Gasteiger partial charge in [-0.2, -0.15) is 5.10 Å². The molecule has 26 heavy (non-hydrogen) atoms. The number of aromatic amines is 1. The second-order valence-electron chi connectivity index (χ2n) is 7.77. The Morgan fingerprint density at radius 3 is 2.69 bits per heavy atom. The number of aromatic nitrogens is 4.